The van der Waals surface area contributed by atoms with Crippen molar-refractivity contribution in [3.8, 4) is 11.3 Å². The van der Waals surface area contributed by atoms with Gasteiger partial charge < -0.3 is 4.57 Å². The van der Waals surface area contributed by atoms with Crippen LogP contribution in [0.3, 0.4) is 0 Å². The zero-order valence-corrected chi connectivity index (χ0v) is 20.7. The molecule has 0 spiro atoms. The molecule has 0 bridgehead atoms. The van der Waals surface area contributed by atoms with Gasteiger partial charge in [0.25, 0.3) is 5.69 Å². The van der Waals surface area contributed by atoms with Gasteiger partial charge in [-0.3, -0.25) is 10.1 Å². The van der Waals surface area contributed by atoms with E-state index in [1.54, 1.807) is 30.3 Å². The average Bonchev–Trinajstić information content (AvgIpc) is 3.33. The molecule has 0 aliphatic carbocycles. The van der Waals surface area contributed by atoms with Crippen molar-refractivity contribution in [1.29, 1.82) is 0 Å². The van der Waals surface area contributed by atoms with E-state index in [1.165, 1.54) is 40.7 Å². The largest absolute Gasteiger partial charge is 0.316 e. The van der Waals surface area contributed by atoms with Crippen LogP contribution in [0.25, 0.3) is 11.3 Å². The smallest absolute Gasteiger partial charge is 0.294 e. The first-order chi connectivity index (χ1) is 18.1. The third-order valence-electron chi connectivity index (χ3n) is 6.28. The van der Waals surface area contributed by atoms with Crippen molar-refractivity contribution < 1.29 is 9.31 Å². The molecule has 7 heteroatoms. The van der Waals surface area contributed by atoms with Gasteiger partial charge in [-0.2, -0.15) is 0 Å². The maximum Gasteiger partial charge on any atom is 0.294 e. The monoisotopic (exact) mass is 509 g/mol. The van der Waals surface area contributed by atoms with E-state index in [4.69, 9.17) is 4.99 Å². The molecule has 0 unspecified atom stereocenters. The third kappa shape index (κ3) is 5.57. The number of nitro benzene ring substituents is 1. The highest BCUT2D eigenvalue weighted by atomic mass is 32.1. The molecule has 0 saturated carbocycles. The fourth-order valence-electron chi connectivity index (χ4n) is 4.46. The number of para-hydroxylation sites is 2. The van der Waals surface area contributed by atoms with Gasteiger partial charge in [-0.25, -0.2) is 9.38 Å². The first kappa shape index (κ1) is 24.3. The number of nitrogens with zero attached hydrogens (tertiary/aromatic N) is 3. The maximum atomic E-state index is 13.7. The van der Waals surface area contributed by atoms with E-state index >= 15 is 0 Å². The normalized spacial score (nSPS) is 11.7. The summed E-state index contributed by atoms with van der Waals surface area (Å²) in [4.78, 5) is 16.5. The van der Waals surface area contributed by atoms with Crippen LogP contribution in [-0.2, 0) is 6.54 Å². The van der Waals surface area contributed by atoms with Crippen molar-refractivity contribution in [3.63, 3.8) is 0 Å². The lowest BCUT2D eigenvalue weighted by atomic mass is 9.88. The summed E-state index contributed by atoms with van der Waals surface area (Å²) < 4.78 is 15.7. The highest BCUT2D eigenvalue weighted by Crippen LogP contribution is 2.31. The molecule has 0 amide bonds. The predicted octanol–water partition coefficient (Wildman–Crippen LogP) is 7.72. The van der Waals surface area contributed by atoms with Gasteiger partial charge in [0.2, 0.25) is 0 Å². The van der Waals surface area contributed by atoms with Crippen LogP contribution in [0, 0.1) is 15.9 Å². The molecule has 4 aromatic carbocycles. The summed E-state index contributed by atoms with van der Waals surface area (Å²) in [6.45, 7) is 0.615. The number of benzene rings is 4. The Morgan fingerprint density at radius 3 is 2.05 bits per heavy atom. The molecule has 1 aromatic heterocycles. The highest BCUT2D eigenvalue weighted by molar-refractivity contribution is 7.07. The number of nitro groups is 1. The second kappa shape index (κ2) is 11.1. The molecule has 184 valence electrons. The van der Waals surface area contributed by atoms with Gasteiger partial charge >= 0.3 is 0 Å². The van der Waals surface area contributed by atoms with Gasteiger partial charge in [-0.1, -0.05) is 72.8 Å². The van der Waals surface area contributed by atoms with Gasteiger partial charge in [0.05, 0.1) is 10.6 Å². The zero-order valence-electron chi connectivity index (χ0n) is 19.9. The molecular formula is C30H24FN3O2S. The standard InChI is InChI=1S/C30H24FN3O2S/c31-25-17-15-24(16-18-25)29-21-37-30(32-27-13-7-8-14-28(27)34(35)36)33(29)20-19-26(22-9-3-1-4-10-22)23-11-5-2-6-12-23/h1-18,21,26H,19-20H2. The number of hydrogen-bond donors (Lipinski definition) is 0. The van der Waals surface area contributed by atoms with Crippen molar-refractivity contribution in [2.45, 2.75) is 18.9 Å². The number of hydrogen-bond acceptors (Lipinski definition) is 4. The molecule has 37 heavy (non-hydrogen) atoms. The molecule has 5 nitrogen and oxygen atoms in total. The second-order valence-electron chi connectivity index (χ2n) is 8.58. The van der Waals surface area contributed by atoms with Crippen molar-refractivity contribution in [2.24, 2.45) is 4.99 Å². The Morgan fingerprint density at radius 2 is 1.43 bits per heavy atom. The van der Waals surface area contributed by atoms with E-state index in [0.717, 1.165) is 17.7 Å². The van der Waals surface area contributed by atoms with Gasteiger partial charge in [-0.05, 0) is 53.4 Å². The number of rotatable bonds is 8. The van der Waals surface area contributed by atoms with Crippen LogP contribution in [-0.4, -0.2) is 9.49 Å². The Balaban J connectivity index is 1.59. The Hall–Kier alpha value is -4.36. The number of thiazole rings is 1. The minimum Gasteiger partial charge on any atom is -0.316 e. The molecule has 0 atom stereocenters. The van der Waals surface area contributed by atoms with Crippen molar-refractivity contribution >= 4 is 22.7 Å². The first-order valence-electron chi connectivity index (χ1n) is 11.9. The molecule has 0 radical (unpaired) electrons. The van der Waals surface area contributed by atoms with E-state index in [-0.39, 0.29) is 17.4 Å². The summed E-state index contributed by atoms with van der Waals surface area (Å²) in [6.07, 6.45) is 0.781. The summed E-state index contributed by atoms with van der Waals surface area (Å²) in [5, 5.41) is 13.6. The Labute approximate surface area is 218 Å². The van der Waals surface area contributed by atoms with E-state index in [1.807, 2.05) is 41.8 Å². The molecular weight excluding hydrogens is 485 g/mol. The van der Waals surface area contributed by atoms with Crippen LogP contribution in [0.15, 0.2) is 120 Å². The zero-order chi connectivity index (χ0) is 25.6. The predicted molar refractivity (Wildman–Crippen MR) is 145 cm³/mol. The van der Waals surface area contributed by atoms with Gasteiger partial charge in [-0.15, -0.1) is 11.3 Å². The Bertz CT molecular complexity index is 1520. The minimum absolute atomic E-state index is 0.0442. The molecule has 0 saturated heterocycles. The fourth-order valence-corrected chi connectivity index (χ4v) is 5.41. The van der Waals surface area contributed by atoms with Gasteiger partial charge in [0.15, 0.2) is 4.80 Å². The number of halogens is 1. The summed E-state index contributed by atoms with van der Waals surface area (Å²) in [7, 11) is 0. The lowest BCUT2D eigenvalue weighted by Gasteiger charge is -2.19. The van der Waals surface area contributed by atoms with Crippen molar-refractivity contribution in [3.05, 3.63) is 146 Å². The van der Waals surface area contributed by atoms with Crippen LogP contribution < -0.4 is 4.80 Å². The second-order valence-corrected chi connectivity index (χ2v) is 9.42. The fraction of sp³-hybridized carbons (Fsp3) is 0.100. The SMILES string of the molecule is O=[N+]([O-])c1ccccc1N=c1scc(-c2ccc(F)cc2)n1CCC(c1ccccc1)c1ccccc1. The van der Waals surface area contributed by atoms with E-state index in [2.05, 4.69) is 28.8 Å². The quantitative estimate of drug-likeness (QED) is 0.159. The van der Waals surface area contributed by atoms with E-state index in [9.17, 15) is 14.5 Å². The van der Waals surface area contributed by atoms with Crippen LogP contribution in [0.5, 0.6) is 0 Å². The molecule has 0 aliphatic heterocycles. The van der Waals surface area contributed by atoms with Gasteiger partial charge in [0, 0.05) is 23.9 Å². The van der Waals surface area contributed by atoms with Crippen molar-refractivity contribution in [1.82, 2.24) is 4.57 Å². The summed E-state index contributed by atoms with van der Waals surface area (Å²) in [5.74, 6) is -0.154. The molecule has 1 heterocycles. The molecule has 5 aromatic rings. The third-order valence-corrected chi connectivity index (χ3v) is 7.14. The molecule has 5 rings (SSSR count). The topological polar surface area (TPSA) is 60.4 Å². The highest BCUT2D eigenvalue weighted by Gasteiger charge is 2.17. The van der Waals surface area contributed by atoms with E-state index in [0.29, 0.717) is 17.0 Å². The van der Waals surface area contributed by atoms with Gasteiger partial charge in [0.1, 0.15) is 11.5 Å². The summed E-state index contributed by atoms with van der Waals surface area (Å²) in [6, 6.07) is 33.6. The lowest BCUT2D eigenvalue weighted by molar-refractivity contribution is -0.384. The minimum atomic E-state index is -0.418. The average molecular weight is 510 g/mol. The maximum absolute atomic E-state index is 13.7. The number of aromatic nitrogens is 1. The van der Waals surface area contributed by atoms with Crippen LogP contribution in [0.1, 0.15) is 23.5 Å². The molecule has 0 N–H and O–H groups in total. The molecule has 0 aliphatic rings. The summed E-state index contributed by atoms with van der Waals surface area (Å²) >= 11 is 1.41. The summed E-state index contributed by atoms with van der Waals surface area (Å²) in [5.41, 5.74) is 4.43. The first-order valence-corrected chi connectivity index (χ1v) is 12.8. The Kier molecular flexibility index (Phi) is 7.33. The van der Waals surface area contributed by atoms with Crippen LogP contribution in [0.4, 0.5) is 15.8 Å². The van der Waals surface area contributed by atoms with Crippen LogP contribution in [0.2, 0.25) is 0 Å². The Morgan fingerprint density at radius 1 is 0.838 bits per heavy atom. The lowest BCUT2D eigenvalue weighted by Crippen LogP contribution is -2.18. The van der Waals surface area contributed by atoms with Crippen molar-refractivity contribution in [2.75, 3.05) is 0 Å². The van der Waals surface area contributed by atoms with E-state index < -0.39 is 4.92 Å². The molecule has 0 fully saturated rings. The van der Waals surface area contributed by atoms with Crippen LogP contribution >= 0.6 is 11.3 Å².